The van der Waals surface area contributed by atoms with Crippen LogP contribution in [-0.2, 0) is 14.8 Å². The highest BCUT2D eigenvalue weighted by molar-refractivity contribution is 7.92. The van der Waals surface area contributed by atoms with Crippen molar-refractivity contribution < 1.29 is 23.1 Å². The van der Waals surface area contributed by atoms with Crippen molar-refractivity contribution in [3.63, 3.8) is 0 Å². The molecule has 2 aromatic rings. The number of para-hydroxylation sites is 2. The predicted molar refractivity (Wildman–Crippen MR) is 86.9 cm³/mol. The second-order valence-corrected chi connectivity index (χ2v) is 6.23. The minimum atomic E-state index is -3.82. The molecule has 7 heteroatoms. The van der Waals surface area contributed by atoms with E-state index < -0.39 is 16.0 Å². The van der Waals surface area contributed by atoms with E-state index in [1.165, 1.54) is 31.4 Å². The number of carboxylic acid groups (broad SMARTS) is 1. The van der Waals surface area contributed by atoms with Crippen molar-refractivity contribution in [1.29, 1.82) is 0 Å². The topological polar surface area (TPSA) is 92.7 Å². The van der Waals surface area contributed by atoms with Crippen molar-refractivity contribution >= 4 is 27.8 Å². The number of nitrogens with one attached hydrogen (secondary N) is 1. The molecule has 0 radical (unpaired) electrons. The van der Waals surface area contributed by atoms with E-state index in [2.05, 4.69) is 4.72 Å². The van der Waals surface area contributed by atoms with Gasteiger partial charge in [0.1, 0.15) is 5.75 Å². The van der Waals surface area contributed by atoms with Gasteiger partial charge in [0.25, 0.3) is 10.0 Å². The Labute approximate surface area is 134 Å². The minimum Gasteiger partial charge on any atom is -0.495 e. The van der Waals surface area contributed by atoms with Gasteiger partial charge in [-0.25, -0.2) is 13.2 Å². The molecule has 120 valence electrons. The quantitative estimate of drug-likeness (QED) is 0.793. The maximum Gasteiger partial charge on any atom is 0.328 e. The highest BCUT2D eigenvalue weighted by Gasteiger charge is 2.16. The van der Waals surface area contributed by atoms with E-state index >= 15 is 0 Å². The van der Waals surface area contributed by atoms with E-state index in [9.17, 15) is 13.2 Å². The third-order valence-corrected chi connectivity index (χ3v) is 4.30. The standard InChI is InChI=1S/C16H15NO5S/c1-22-15-8-3-2-7-14(15)17-23(20,21)13-6-4-5-12(11-13)9-10-16(18)19/h2-11,17H,1H3,(H,18,19)/b10-9+. The van der Waals surface area contributed by atoms with Crippen LogP contribution in [-0.4, -0.2) is 26.6 Å². The number of aliphatic carboxylic acids is 1. The van der Waals surface area contributed by atoms with Gasteiger partial charge >= 0.3 is 5.97 Å². The normalized spacial score (nSPS) is 11.3. The summed E-state index contributed by atoms with van der Waals surface area (Å²) in [7, 11) is -2.37. The lowest BCUT2D eigenvalue weighted by Gasteiger charge is -2.11. The summed E-state index contributed by atoms with van der Waals surface area (Å²) in [6.45, 7) is 0. The maximum atomic E-state index is 12.5. The molecule has 0 unspecified atom stereocenters. The predicted octanol–water partition coefficient (Wildman–Crippen LogP) is 2.59. The third-order valence-electron chi connectivity index (χ3n) is 2.94. The summed E-state index contributed by atoms with van der Waals surface area (Å²) >= 11 is 0. The van der Waals surface area contributed by atoms with E-state index in [-0.39, 0.29) is 4.90 Å². The van der Waals surface area contributed by atoms with Crippen LogP contribution in [0.5, 0.6) is 5.75 Å². The number of methoxy groups -OCH3 is 1. The lowest BCUT2D eigenvalue weighted by molar-refractivity contribution is -0.131. The van der Waals surface area contributed by atoms with Crippen LogP contribution in [0, 0.1) is 0 Å². The third kappa shape index (κ3) is 4.33. The van der Waals surface area contributed by atoms with Crippen molar-refractivity contribution in [2.24, 2.45) is 0 Å². The molecule has 0 saturated heterocycles. The second kappa shape index (κ2) is 6.97. The van der Waals surface area contributed by atoms with E-state index in [4.69, 9.17) is 9.84 Å². The van der Waals surface area contributed by atoms with Crippen molar-refractivity contribution in [1.82, 2.24) is 0 Å². The summed E-state index contributed by atoms with van der Waals surface area (Å²) in [5.74, 6) is -0.705. The molecule has 0 amide bonds. The number of hydrogen-bond acceptors (Lipinski definition) is 4. The van der Waals surface area contributed by atoms with Crippen molar-refractivity contribution in [2.75, 3.05) is 11.8 Å². The summed E-state index contributed by atoms with van der Waals surface area (Å²) in [4.78, 5) is 10.6. The Morgan fingerprint density at radius 1 is 1.17 bits per heavy atom. The summed E-state index contributed by atoms with van der Waals surface area (Å²) in [5, 5.41) is 8.63. The molecule has 0 spiro atoms. The van der Waals surface area contributed by atoms with Gasteiger partial charge in [-0.15, -0.1) is 0 Å². The van der Waals surface area contributed by atoms with Gasteiger partial charge in [-0.2, -0.15) is 0 Å². The van der Waals surface area contributed by atoms with Gasteiger partial charge in [-0.05, 0) is 35.9 Å². The Bertz CT molecular complexity index is 843. The Hall–Kier alpha value is -2.80. The molecule has 2 aromatic carbocycles. The van der Waals surface area contributed by atoms with Crippen LogP contribution in [0.25, 0.3) is 6.08 Å². The number of carbonyl (C=O) groups is 1. The fraction of sp³-hybridized carbons (Fsp3) is 0.0625. The average molecular weight is 333 g/mol. The largest absolute Gasteiger partial charge is 0.495 e. The first kappa shape index (κ1) is 16.6. The fourth-order valence-electron chi connectivity index (χ4n) is 1.89. The first-order valence-electron chi connectivity index (χ1n) is 6.59. The number of carboxylic acids is 1. The summed E-state index contributed by atoms with van der Waals surface area (Å²) < 4.78 is 32.5. The lowest BCUT2D eigenvalue weighted by atomic mass is 10.2. The SMILES string of the molecule is COc1ccccc1NS(=O)(=O)c1cccc(/C=C/C(=O)O)c1. The molecule has 0 aliphatic carbocycles. The van der Waals surface area contributed by atoms with Gasteiger partial charge in [-0.3, -0.25) is 4.72 Å². The number of benzene rings is 2. The Kier molecular flexibility index (Phi) is 5.02. The van der Waals surface area contributed by atoms with Crippen LogP contribution in [0.15, 0.2) is 59.5 Å². The molecular formula is C16H15NO5S. The highest BCUT2D eigenvalue weighted by Crippen LogP contribution is 2.26. The van der Waals surface area contributed by atoms with Crippen LogP contribution >= 0.6 is 0 Å². The minimum absolute atomic E-state index is 0.0240. The summed E-state index contributed by atoms with van der Waals surface area (Å²) in [5.41, 5.74) is 0.789. The lowest BCUT2D eigenvalue weighted by Crippen LogP contribution is -2.13. The molecule has 6 nitrogen and oxygen atoms in total. The van der Waals surface area contributed by atoms with Crippen LogP contribution < -0.4 is 9.46 Å². The number of rotatable bonds is 6. The molecular weight excluding hydrogens is 318 g/mol. The number of ether oxygens (including phenoxy) is 1. The molecule has 2 N–H and O–H groups in total. The van der Waals surface area contributed by atoms with E-state index in [0.29, 0.717) is 17.0 Å². The van der Waals surface area contributed by atoms with Gasteiger partial charge in [0.2, 0.25) is 0 Å². The molecule has 23 heavy (non-hydrogen) atoms. The van der Waals surface area contributed by atoms with Crippen LogP contribution in [0.2, 0.25) is 0 Å². The van der Waals surface area contributed by atoms with Gasteiger partial charge < -0.3 is 9.84 Å². The monoisotopic (exact) mass is 333 g/mol. The van der Waals surface area contributed by atoms with E-state index in [1.54, 1.807) is 30.3 Å². The first-order valence-corrected chi connectivity index (χ1v) is 8.07. The Morgan fingerprint density at radius 2 is 1.91 bits per heavy atom. The van der Waals surface area contributed by atoms with Gasteiger partial charge in [0, 0.05) is 6.08 Å². The molecule has 0 aromatic heterocycles. The van der Waals surface area contributed by atoms with Crippen LogP contribution in [0.3, 0.4) is 0 Å². The smallest absolute Gasteiger partial charge is 0.328 e. The fourth-order valence-corrected chi connectivity index (χ4v) is 3.01. The molecule has 0 aliphatic heterocycles. The zero-order valence-electron chi connectivity index (χ0n) is 12.3. The van der Waals surface area contributed by atoms with Gasteiger partial charge in [0.05, 0.1) is 17.7 Å². The maximum absolute atomic E-state index is 12.5. The first-order chi connectivity index (χ1) is 10.9. The Morgan fingerprint density at radius 3 is 2.61 bits per heavy atom. The van der Waals surface area contributed by atoms with Crippen LogP contribution in [0.4, 0.5) is 5.69 Å². The van der Waals surface area contributed by atoms with Crippen LogP contribution in [0.1, 0.15) is 5.56 Å². The molecule has 0 aliphatic rings. The van der Waals surface area contributed by atoms with Crippen molar-refractivity contribution in [2.45, 2.75) is 4.90 Å². The average Bonchev–Trinajstić information content (AvgIpc) is 2.53. The molecule has 0 saturated carbocycles. The molecule has 0 atom stereocenters. The van der Waals surface area contributed by atoms with Gasteiger partial charge in [0.15, 0.2) is 0 Å². The molecule has 0 bridgehead atoms. The molecule has 0 fully saturated rings. The highest BCUT2D eigenvalue weighted by atomic mass is 32.2. The molecule has 2 rings (SSSR count). The number of anilines is 1. The van der Waals surface area contributed by atoms with Gasteiger partial charge in [-0.1, -0.05) is 24.3 Å². The number of hydrogen-bond donors (Lipinski definition) is 2. The molecule has 0 heterocycles. The zero-order chi connectivity index (χ0) is 16.9. The van der Waals surface area contributed by atoms with Crippen molar-refractivity contribution in [3.05, 3.63) is 60.2 Å². The van der Waals surface area contributed by atoms with Crippen molar-refractivity contribution in [3.8, 4) is 5.75 Å². The van der Waals surface area contributed by atoms with E-state index in [1.807, 2.05) is 0 Å². The summed E-state index contributed by atoms with van der Waals surface area (Å²) in [6.07, 6.45) is 2.27. The summed E-state index contributed by atoms with van der Waals surface area (Å²) in [6, 6.07) is 12.6. The van der Waals surface area contributed by atoms with E-state index in [0.717, 1.165) is 6.08 Å². The Balaban J connectivity index is 2.33. The second-order valence-electron chi connectivity index (χ2n) is 4.55. The number of sulfonamides is 1. The zero-order valence-corrected chi connectivity index (χ0v) is 13.1.